The van der Waals surface area contributed by atoms with E-state index in [1.165, 1.54) is 12.1 Å². The Morgan fingerprint density at radius 2 is 1.88 bits per heavy atom. The molecule has 2 amide bonds. The molecule has 0 radical (unpaired) electrons. The third kappa shape index (κ3) is 4.93. The predicted molar refractivity (Wildman–Crippen MR) is 89.9 cm³/mol. The Kier molecular flexibility index (Phi) is 6.21. The van der Waals surface area contributed by atoms with E-state index >= 15 is 0 Å². The number of hydrogen-bond donors (Lipinski definition) is 3. The normalized spacial score (nSPS) is 21.8. The molecule has 3 N–H and O–H groups in total. The lowest BCUT2D eigenvalue weighted by atomic mass is 9.82. The highest BCUT2D eigenvalue weighted by molar-refractivity contribution is 7.78. The number of nitrogens with one attached hydrogen (secondary N) is 1. The number of aryl methyl sites for hydroxylation is 1. The van der Waals surface area contributed by atoms with Crippen LogP contribution >= 0.6 is 12.8 Å². The van der Waals surface area contributed by atoms with Gasteiger partial charge in [0.05, 0.1) is 5.92 Å². The molecule has 1 aliphatic rings. The number of carbonyl (C=O) groups is 2. The van der Waals surface area contributed by atoms with Crippen molar-refractivity contribution < 1.29 is 18.4 Å². The first-order valence-corrected chi connectivity index (χ1v) is 8.44. The van der Waals surface area contributed by atoms with Gasteiger partial charge in [-0.1, -0.05) is 19.7 Å². The maximum absolute atomic E-state index is 13.3. The molecule has 1 aromatic carbocycles. The van der Waals surface area contributed by atoms with Gasteiger partial charge in [0.1, 0.15) is 11.6 Å². The van der Waals surface area contributed by atoms with Crippen LogP contribution in [-0.4, -0.2) is 11.8 Å². The quantitative estimate of drug-likeness (QED) is 0.627. The Bertz CT molecular complexity index is 606. The standard InChI is InChI=1S/C17H22F2N2O2S/c1-9-4-11(9)7-15(17(23)21-24)14(16(20)22)3-2-10-5-12(18)8-13(19)6-10/h5-6,8-9,11,14-15,24H,2-4,7H2,1H3,(H2,20,22)(H,21,23)/t9?,11?,14-,15?/m0/s1. The highest BCUT2D eigenvalue weighted by Crippen LogP contribution is 2.44. The van der Waals surface area contributed by atoms with Crippen LogP contribution in [0.1, 0.15) is 31.7 Å². The fourth-order valence-corrected chi connectivity index (χ4v) is 3.38. The maximum atomic E-state index is 13.3. The number of carbonyl (C=O) groups excluding carboxylic acids is 2. The van der Waals surface area contributed by atoms with Gasteiger partial charge in [-0.05, 0) is 55.2 Å². The van der Waals surface area contributed by atoms with Gasteiger partial charge < -0.3 is 10.5 Å². The minimum absolute atomic E-state index is 0.255. The molecule has 0 aromatic heterocycles. The van der Waals surface area contributed by atoms with Gasteiger partial charge in [-0.2, -0.15) is 0 Å². The summed E-state index contributed by atoms with van der Waals surface area (Å²) >= 11 is 3.80. The van der Waals surface area contributed by atoms with Crippen molar-refractivity contribution in [3.63, 3.8) is 0 Å². The summed E-state index contributed by atoms with van der Waals surface area (Å²) in [6.07, 6.45) is 2.11. The van der Waals surface area contributed by atoms with Gasteiger partial charge in [0, 0.05) is 12.0 Å². The maximum Gasteiger partial charge on any atom is 0.233 e. The average Bonchev–Trinajstić information content (AvgIpc) is 3.19. The fraction of sp³-hybridized carbons (Fsp3) is 0.529. The summed E-state index contributed by atoms with van der Waals surface area (Å²) in [6.45, 7) is 2.09. The minimum Gasteiger partial charge on any atom is -0.369 e. The molecule has 0 saturated heterocycles. The van der Waals surface area contributed by atoms with Gasteiger partial charge >= 0.3 is 0 Å². The number of rotatable bonds is 8. The average molecular weight is 356 g/mol. The first kappa shape index (κ1) is 18.7. The van der Waals surface area contributed by atoms with Gasteiger partial charge in [-0.3, -0.25) is 9.59 Å². The van der Waals surface area contributed by atoms with E-state index in [0.29, 0.717) is 23.8 Å². The van der Waals surface area contributed by atoms with E-state index in [1.54, 1.807) is 0 Å². The van der Waals surface area contributed by atoms with E-state index in [4.69, 9.17) is 5.73 Å². The number of nitrogens with two attached hydrogens (primary N) is 1. The Morgan fingerprint density at radius 3 is 2.33 bits per heavy atom. The summed E-state index contributed by atoms with van der Waals surface area (Å²) in [5, 5.41) is 0. The summed E-state index contributed by atoms with van der Waals surface area (Å²) < 4.78 is 28.8. The molecule has 0 bridgehead atoms. The van der Waals surface area contributed by atoms with Crippen LogP contribution in [0.25, 0.3) is 0 Å². The first-order chi connectivity index (χ1) is 11.3. The molecule has 2 rings (SSSR count). The van der Waals surface area contributed by atoms with Crippen molar-refractivity contribution in [2.45, 2.75) is 32.6 Å². The van der Waals surface area contributed by atoms with E-state index in [2.05, 4.69) is 24.5 Å². The Morgan fingerprint density at radius 1 is 1.29 bits per heavy atom. The zero-order valence-electron chi connectivity index (χ0n) is 13.5. The van der Waals surface area contributed by atoms with Crippen molar-refractivity contribution in [1.29, 1.82) is 0 Å². The molecule has 132 valence electrons. The largest absolute Gasteiger partial charge is 0.369 e. The van der Waals surface area contributed by atoms with Crippen LogP contribution in [0.4, 0.5) is 8.78 Å². The SMILES string of the molecule is CC1CC1CC(C(=O)NS)[C@H](CCc1cc(F)cc(F)c1)C(N)=O. The monoisotopic (exact) mass is 356 g/mol. The first-order valence-electron chi connectivity index (χ1n) is 8.00. The zero-order chi connectivity index (χ0) is 17.9. The Hall–Kier alpha value is -1.63. The molecule has 7 heteroatoms. The van der Waals surface area contributed by atoms with E-state index in [9.17, 15) is 18.4 Å². The second-order valence-electron chi connectivity index (χ2n) is 6.62. The molecular formula is C17H22F2N2O2S. The molecule has 4 nitrogen and oxygen atoms in total. The smallest absolute Gasteiger partial charge is 0.233 e. The van der Waals surface area contributed by atoms with Gasteiger partial charge in [0.2, 0.25) is 11.8 Å². The van der Waals surface area contributed by atoms with Crippen molar-refractivity contribution in [3.8, 4) is 0 Å². The molecule has 1 fully saturated rings. The number of amides is 2. The van der Waals surface area contributed by atoms with Crippen LogP contribution in [0.5, 0.6) is 0 Å². The number of thiol groups is 1. The molecule has 0 heterocycles. The lowest BCUT2D eigenvalue weighted by Gasteiger charge is -2.23. The molecule has 1 saturated carbocycles. The second kappa shape index (κ2) is 7.96. The summed E-state index contributed by atoms with van der Waals surface area (Å²) in [4.78, 5) is 24.0. The number of primary amides is 1. The van der Waals surface area contributed by atoms with E-state index in [0.717, 1.165) is 12.5 Å². The van der Waals surface area contributed by atoms with Crippen LogP contribution in [0.3, 0.4) is 0 Å². The molecule has 1 aromatic rings. The number of hydrogen-bond acceptors (Lipinski definition) is 3. The fourth-order valence-electron chi connectivity index (χ4n) is 3.21. The summed E-state index contributed by atoms with van der Waals surface area (Å²) in [7, 11) is 0. The Labute approximate surface area is 145 Å². The zero-order valence-corrected chi connectivity index (χ0v) is 14.4. The van der Waals surface area contributed by atoms with Crippen molar-refractivity contribution in [3.05, 3.63) is 35.4 Å². The van der Waals surface area contributed by atoms with Crippen LogP contribution < -0.4 is 10.5 Å². The second-order valence-corrected chi connectivity index (χ2v) is 6.84. The molecule has 3 unspecified atom stereocenters. The predicted octanol–water partition coefficient (Wildman–Crippen LogP) is 2.62. The van der Waals surface area contributed by atoms with Crippen LogP contribution in [0, 0.1) is 35.3 Å². The molecule has 4 atom stereocenters. The van der Waals surface area contributed by atoms with Gasteiger partial charge in [0.15, 0.2) is 0 Å². The lowest BCUT2D eigenvalue weighted by molar-refractivity contribution is -0.132. The van der Waals surface area contributed by atoms with Gasteiger partial charge in [-0.15, -0.1) is 0 Å². The number of halogens is 2. The lowest BCUT2D eigenvalue weighted by Crippen LogP contribution is -2.38. The topological polar surface area (TPSA) is 72.2 Å². The van der Waals surface area contributed by atoms with Crippen LogP contribution in [0.15, 0.2) is 18.2 Å². The van der Waals surface area contributed by atoms with Crippen molar-refractivity contribution in [2.24, 2.45) is 29.4 Å². The molecular weight excluding hydrogens is 334 g/mol. The molecule has 0 aliphatic heterocycles. The molecule has 24 heavy (non-hydrogen) atoms. The third-order valence-corrected chi connectivity index (χ3v) is 5.02. The summed E-state index contributed by atoms with van der Waals surface area (Å²) in [6, 6.07) is 3.23. The summed E-state index contributed by atoms with van der Waals surface area (Å²) in [5.74, 6) is -2.60. The highest BCUT2D eigenvalue weighted by Gasteiger charge is 2.40. The minimum atomic E-state index is -0.698. The third-order valence-electron chi connectivity index (χ3n) is 4.80. The van der Waals surface area contributed by atoms with Crippen LogP contribution in [-0.2, 0) is 16.0 Å². The van der Waals surface area contributed by atoms with E-state index in [-0.39, 0.29) is 18.7 Å². The van der Waals surface area contributed by atoms with Crippen molar-refractivity contribution in [2.75, 3.05) is 0 Å². The Balaban J connectivity index is 2.10. The number of benzene rings is 1. The van der Waals surface area contributed by atoms with E-state index < -0.39 is 29.4 Å². The highest BCUT2D eigenvalue weighted by atomic mass is 32.1. The summed E-state index contributed by atoms with van der Waals surface area (Å²) in [5.41, 5.74) is 5.93. The van der Waals surface area contributed by atoms with Gasteiger partial charge in [-0.25, -0.2) is 8.78 Å². The van der Waals surface area contributed by atoms with E-state index in [1.807, 2.05) is 0 Å². The molecule has 0 spiro atoms. The van der Waals surface area contributed by atoms with Crippen molar-refractivity contribution in [1.82, 2.24) is 4.72 Å². The molecule has 1 aliphatic carbocycles. The van der Waals surface area contributed by atoms with Gasteiger partial charge in [0.25, 0.3) is 0 Å². The van der Waals surface area contributed by atoms with Crippen LogP contribution in [0.2, 0.25) is 0 Å². The van der Waals surface area contributed by atoms with Crippen molar-refractivity contribution >= 4 is 24.6 Å².